The van der Waals surface area contributed by atoms with Crippen molar-refractivity contribution in [3.05, 3.63) is 42.5 Å². The standard InChI is InChI=1S/C20H25Cl2O2P/c1-23-17-12-8-13-18(24-2)20(17)16-11-6-7-14-19(16)25(21,22)15-9-4-3-5-10-15/h6-8,11-15,25H,3-5,9-10H2,1-2H3. The maximum absolute atomic E-state index is 7.11. The number of benzene rings is 2. The molecule has 3 rings (SSSR count). The van der Waals surface area contributed by atoms with Crippen LogP contribution in [0.1, 0.15) is 32.1 Å². The van der Waals surface area contributed by atoms with E-state index in [0.717, 1.165) is 40.8 Å². The Morgan fingerprint density at radius 1 is 0.840 bits per heavy atom. The fourth-order valence-corrected chi connectivity index (χ4v) is 8.55. The monoisotopic (exact) mass is 398 g/mol. The maximum atomic E-state index is 7.11. The van der Waals surface area contributed by atoms with Crippen LogP contribution in [0.2, 0.25) is 0 Å². The van der Waals surface area contributed by atoms with Gasteiger partial charge in [-0.3, -0.25) is 0 Å². The van der Waals surface area contributed by atoms with Gasteiger partial charge in [-0.05, 0) is 0 Å². The molecule has 0 bridgehead atoms. The number of rotatable bonds is 5. The second-order valence-corrected chi connectivity index (χ2v) is 13.3. The summed E-state index contributed by atoms with van der Waals surface area (Å²) in [5.41, 5.74) is 2.35. The van der Waals surface area contributed by atoms with E-state index < -0.39 is 5.97 Å². The minimum absolute atomic E-state index is 0.395. The Labute approximate surface area is 160 Å². The number of ether oxygens (including phenoxy) is 2. The SMILES string of the molecule is COc1cccc(OC)c1-c1ccccc1[PH](Cl)(Cl)C1CCCCC1. The van der Waals surface area contributed by atoms with Crippen molar-refractivity contribution >= 4 is 33.8 Å². The van der Waals surface area contributed by atoms with Gasteiger partial charge in [0.15, 0.2) is 0 Å². The van der Waals surface area contributed by atoms with E-state index in [1.165, 1.54) is 19.3 Å². The predicted octanol–water partition coefficient (Wildman–Crippen LogP) is 6.39. The van der Waals surface area contributed by atoms with Crippen LogP contribution in [0.15, 0.2) is 42.5 Å². The van der Waals surface area contributed by atoms with Crippen molar-refractivity contribution in [2.75, 3.05) is 14.2 Å². The Morgan fingerprint density at radius 2 is 1.44 bits per heavy atom. The molecule has 0 spiro atoms. The summed E-state index contributed by atoms with van der Waals surface area (Å²) < 4.78 is 11.2. The third-order valence-corrected chi connectivity index (χ3v) is 10.9. The second kappa shape index (κ2) is 8.16. The van der Waals surface area contributed by atoms with Gasteiger partial charge in [0.25, 0.3) is 0 Å². The molecule has 0 amide bonds. The first-order valence-electron chi connectivity index (χ1n) is 8.78. The first-order chi connectivity index (χ1) is 12.1. The Balaban J connectivity index is 2.14. The van der Waals surface area contributed by atoms with Gasteiger partial charge in [0.2, 0.25) is 0 Å². The van der Waals surface area contributed by atoms with Crippen LogP contribution in [0, 0.1) is 0 Å². The average Bonchev–Trinajstić information content (AvgIpc) is 2.68. The summed E-state index contributed by atoms with van der Waals surface area (Å²) in [5.74, 6) is -1.10. The van der Waals surface area contributed by atoms with Gasteiger partial charge in [-0.2, -0.15) is 0 Å². The zero-order valence-electron chi connectivity index (χ0n) is 14.7. The van der Waals surface area contributed by atoms with Crippen molar-refractivity contribution < 1.29 is 9.47 Å². The van der Waals surface area contributed by atoms with Crippen molar-refractivity contribution in [2.24, 2.45) is 0 Å². The van der Waals surface area contributed by atoms with Gasteiger partial charge in [-0.15, -0.1) is 0 Å². The quantitative estimate of drug-likeness (QED) is 0.543. The summed E-state index contributed by atoms with van der Waals surface area (Å²) in [6.45, 7) is 0. The van der Waals surface area contributed by atoms with Gasteiger partial charge >= 0.3 is 160 Å². The van der Waals surface area contributed by atoms with E-state index in [9.17, 15) is 0 Å². The Hall–Kier alpha value is -0.950. The first kappa shape index (κ1) is 18.8. The molecule has 1 aliphatic rings. The summed E-state index contributed by atoms with van der Waals surface area (Å²) in [6.07, 6.45) is 5.97. The van der Waals surface area contributed by atoms with Crippen LogP contribution < -0.4 is 14.8 Å². The van der Waals surface area contributed by atoms with E-state index in [4.69, 9.17) is 32.0 Å². The zero-order valence-corrected chi connectivity index (χ0v) is 17.2. The van der Waals surface area contributed by atoms with Crippen molar-refractivity contribution in [2.45, 2.75) is 37.8 Å². The van der Waals surface area contributed by atoms with E-state index in [1.807, 2.05) is 30.3 Å². The molecule has 5 heteroatoms. The first-order valence-corrected chi connectivity index (χ1v) is 12.9. The van der Waals surface area contributed by atoms with E-state index in [0.29, 0.717) is 5.66 Å². The molecule has 1 fully saturated rings. The van der Waals surface area contributed by atoms with Crippen molar-refractivity contribution in [1.29, 1.82) is 0 Å². The summed E-state index contributed by atoms with van der Waals surface area (Å²) in [5, 5.41) is 1.06. The summed E-state index contributed by atoms with van der Waals surface area (Å²) in [4.78, 5) is 0. The Kier molecular flexibility index (Phi) is 6.15. The van der Waals surface area contributed by atoms with Crippen molar-refractivity contribution in [1.82, 2.24) is 0 Å². The summed E-state index contributed by atoms with van der Waals surface area (Å²) in [7, 11) is 3.35. The van der Waals surface area contributed by atoms with E-state index in [2.05, 4.69) is 12.1 Å². The molecule has 0 aliphatic heterocycles. The number of methoxy groups -OCH3 is 2. The van der Waals surface area contributed by atoms with Gasteiger partial charge in [0.1, 0.15) is 0 Å². The Morgan fingerprint density at radius 3 is 2.04 bits per heavy atom. The fraction of sp³-hybridized carbons (Fsp3) is 0.400. The third kappa shape index (κ3) is 3.77. The zero-order chi connectivity index (χ0) is 17.9. The van der Waals surface area contributed by atoms with Crippen LogP contribution in [0.4, 0.5) is 0 Å². The number of halogens is 2. The predicted molar refractivity (Wildman–Crippen MR) is 112 cm³/mol. The van der Waals surface area contributed by atoms with Crippen LogP contribution in [0.25, 0.3) is 11.1 Å². The van der Waals surface area contributed by atoms with Gasteiger partial charge in [-0.25, -0.2) is 0 Å². The molecule has 0 heterocycles. The molecule has 25 heavy (non-hydrogen) atoms. The minimum atomic E-state index is -2.64. The third-order valence-electron chi connectivity index (χ3n) is 5.10. The van der Waals surface area contributed by atoms with Gasteiger partial charge < -0.3 is 0 Å². The molecule has 0 saturated heterocycles. The van der Waals surface area contributed by atoms with Gasteiger partial charge in [-0.1, -0.05) is 0 Å². The molecule has 2 aromatic carbocycles. The molecule has 136 valence electrons. The molecule has 0 atom stereocenters. The normalized spacial score (nSPS) is 16.5. The molecule has 0 aromatic heterocycles. The molecule has 0 unspecified atom stereocenters. The van der Waals surface area contributed by atoms with E-state index in [-0.39, 0.29) is 0 Å². The van der Waals surface area contributed by atoms with Gasteiger partial charge in [0, 0.05) is 0 Å². The van der Waals surface area contributed by atoms with Crippen LogP contribution in [-0.4, -0.2) is 19.9 Å². The van der Waals surface area contributed by atoms with Crippen LogP contribution in [0.3, 0.4) is 0 Å². The van der Waals surface area contributed by atoms with Crippen LogP contribution >= 0.6 is 28.4 Å². The Bertz CT molecular complexity index is 705. The summed E-state index contributed by atoms with van der Waals surface area (Å²) in [6, 6.07) is 14.0. The fourth-order valence-electron chi connectivity index (χ4n) is 3.79. The van der Waals surface area contributed by atoms with E-state index >= 15 is 0 Å². The van der Waals surface area contributed by atoms with Crippen LogP contribution in [-0.2, 0) is 0 Å². The number of hydrogen-bond donors (Lipinski definition) is 0. The summed E-state index contributed by atoms with van der Waals surface area (Å²) >= 11 is 14.2. The van der Waals surface area contributed by atoms with Crippen molar-refractivity contribution in [3.8, 4) is 22.6 Å². The molecular weight excluding hydrogens is 374 g/mol. The molecule has 2 nitrogen and oxygen atoms in total. The average molecular weight is 399 g/mol. The van der Waals surface area contributed by atoms with E-state index in [1.54, 1.807) is 14.2 Å². The molecule has 1 aliphatic carbocycles. The van der Waals surface area contributed by atoms with Gasteiger partial charge in [0.05, 0.1) is 0 Å². The molecular formula is C20H25Cl2O2P. The molecule has 0 radical (unpaired) electrons. The van der Waals surface area contributed by atoms with Crippen LogP contribution in [0.5, 0.6) is 11.5 Å². The second-order valence-electron chi connectivity index (χ2n) is 6.54. The molecule has 0 N–H and O–H groups in total. The molecule has 2 aromatic rings. The topological polar surface area (TPSA) is 18.5 Å². The number of hydrogen-bond acceptors (Lipinski definition) is 2. The van der Waals surface area contributed by atoms with Crippen molar-refractivity contribution in [3.63, 3.8) is 0 Å². The molecule has 1 saturated carbocycles.